The molecule has 2 heterocycles. The van der Waals surface area contributed by atoms with Crippen molar-refractivity contribution in [2.24, 2.45) is 0 Å². The highest BCUT2D eigenvalue weighted by molar-refractivity contribution is 6.07. The van der Waals surface area contributed by atoms with Gasteiger partial charge in [0.1, 0.15) is 16.9 Å². The van der Waals surface area contributed by atoms with Gasteiger partial charge in [0.2, 0.25) is 0 Å². The molecule has 1 aliphatic heterocycles. The van der Waals surface area contributed by atoms with E-state index < -0.39 is 36.0 Å². The number of imide groups is 1. The highest BCUT2D eigenvalue weighted by Crippen LogP contribution is 2.22. The standard InChI is InChI=1S/C20H21N3O6/c1-13-15(9-11-28-13)17(25)29-12-16(24)22-23-18(26)20(2,21-19(23)27)10-8-14-6-4-3-5-7-14/h3-7,9,11H,8,10,12H2,1-2H3,(H,21,27)(H,22,24)/t20-/m0/s1. The average Bonchev–Trinajstić information content (AvgIpc) is 3.22. The molecule has 9 heteroatoms. The van der Waals surface area contributed by atoms with Crippen LogP contribution in [0.2, 0.25) is 0 Å². The number of carbonyl (C=O) groups is 4. The summed E-state index contributed by atoms with van der Waals surface area (Å²) < 4.78 is 9.89. The van der Waals surface area contributed by atoms with Crippen molar-refractivity contribution in [2.75, 3.05) is 6.61 Å². The van der Waals surface area contributed by atoms with Crippen molar-refractivity contribution in [3.8, 4) is 0 Å². The van der Waals surface area contributed by atoms with Crippen LogP contribution in [0.5, 0.6) is 0 Å². The number of benzene rings is 1. The van der Waals surface area contributed by atoms with Gasteiger partial charge in [-0.1, -0.05) is 30.3 Å². The first-order valence-corrected chi connectivity index (χ1v) is 9.01. The van der Waals surface area contributed by atoms with E-state index in [0.29, 0.717) is 23.6 Å². The molecule has 0 aliphatic carbocycles. The number of amides is 4. The molecule has 0 unspecified atom stereocenters. The molecule has 4 amide bonds. The van der Waals surface area contributed by atoms with E-state index in [1.54, 1.807) is 13.8 Å². The molecule has 29 heavy (non-hydrogen) atoms. The molecule has 1 aliphatic rings. The molecule has 152 valence electrons. The molecule has 2 aromatic rings. The van der Waals surface area contributed by atoms with Crippen molar-refractivity contribution in [1.82, 2.24) is 15.8 Å². The maximum absolute atomic E-state index is 12.7. The predicted molar refractivity (Wildman–Crippen MR) is 100 cm³/mol. The average molecular weight is 399 g/mol. The number of rotatable bonds is 7. The fraction of sp³-hybridized carbons (Fsp3) is 0.300. The number of furan rings is 1. The maximum atomic E-state index is 12.7. The second kappa shape index (κ2) is 8.17. The highest BCUT2D eigenvalue weighted by atomic mass is 16.5. The van der Waals surface area contributed by atoms with E-state index >= 15 is 0 Å². The second-order valence-corrected chi connectivity index (χ2v) is 6.89. The molecule has 1 aromatic carbocycles. The Morgan fingerprint density at radius 1 is 1.21 bits per heavy atom. The van der Waals surface area contributed by atoms with Gasteiger partial charge in [-0.3, -0.25) is 15.0 Å². The second-order valence-electron chi connectivity index (χ2n) is 6.89. The van der Waals surface area contributed by atoms with Crippen LogP contribution in [0.1, 0.15) is 35.0 Å². The van der Waals surface area contributed by atoms with Crippen LogP contribution in [0.4, 0.5) is 4.79 Å². The van der Waals surface area contributed by atoms with Crippen molar-refractivity contribution in [2.45, 2.75) is 32.2 Å². The summed E-state index contributed by atoms with van der Waals surface area (Å²) in [5.74, 6) is -1.77. The summed E-state index contributed by atoms with van der Waals surface area (Å²) in [5, 5.41) is 3.22. The first-order chi connectivity index (χ1) is 13.8. The van der Waals surface area contributed by atoms with Crippen molar-refractivity contribution < 1.29 is 28.3 Å². The third-order valence-electron chi connectivity index (χ3n) is 4.67. The molecule has 0 spiro atoms. The van der Waals surface area contributed by atoms with E-state index in [1.165, 1.54) is 12.3 Å². The Bertz CT molecular complexity index is 939. The van der Waals surface area contributed by atoms with Crippen LogP contribution in [0.25, 0.3) is 0 Å². The molecule has 0 saturated carbocycles. The Morgan fingerprint density at radius 3 is 2.59 bits per heavy atom. The molecule has 2 N–H and O–H groups in total. The van der Waals surface area contributed by atoms with Crippen LogP contribution in [0.3, 0.4) is 0 Å². The lowest BCUT2D eigenvalue weighted by Crippen LogP contribution is -2.50. The molecule has 1 saturated heterocycles. The minimum absolute atomic E-state index is 0.196. The highest BCUT2D eigenvalue weighted by Gasteiger charge is 2.48. The van der Waals surface area contributed by atoms with Gasteiger partial charge in [-0.15, -0.1) is 0 Å². The molecular weight excluding hydrogens is 378 g/mol. The van der Waals surface area contributed by atoms with E-state index in [9.17, 15) is 19.2 Å². The first kappa shape index (κ1) is 20.1. The Labute approximate surface area is 167 Å². The van der Waals surface area contributed by atoms with Gasteiger partial charge in [0.15, 0.2) is 6.61 Å². The fourth-order valence-corrected chi connectivity index (χ4v) is 2.96. The minimum Gasteiger partial charge on any atom is -0.469 e. The molecule has 1 atom stereocenters. The molecule has 3 rings (SSSR count). The third-order valence-corrected chi connectivity index (χ3v) is 4.67. The van der Waals surface area contributed by atoms with E-state index in [-0.39, 0.29) is 5.56 Å². The zero-order valence-corrected chi connectivity index (χ0v) is 16.1. The molecule has 9 nitrogen and oxygen atoms in total. The van der Waals surface area contributed by atoms with Gasteiger partial charge < -0.3 is 14.5 Å². The first-order valence-electron chi connectivity index (χ1n) is 9.01. The number of hydrazine groups is 1. The Kier molecular flexibility index (Phi) is 5.67. The molecule has 1 aromatic heterocycles. The fourth-order valence-electron chi connectivity index (χ4n) is 2.96. The van der Waals surface area contributed by atoms with Crippen molar-refractivity contribution in [3.63, 3.8) is 0 Å². The quantitative estimate of drug-likeness (QED) is 0.541. The predicted octanol–water partition coefficient (Wildman–Crippen LogP) is 1.72. The van der Waals surface area contributed by atoms with Gasteiger partial charge in [-0.25, -0.2) is 9.59 Å². The summed E-state index contributed by atoms with van der Waals surface area (Å²) >= 11 is 0. The van der Waals surface area contributed by atoms with Crippen LogP contribution in [0.15, 0.2) is 47.1 Å². The van der Waals surface area contributed by atoms with E-state index in [4.69, 9.17) is 9.15 Å². The number of ether oxygens (including phenoxy) is 1. The number of esters is 1. The van der Waals surface area contributed by atoms with Crippen LogP contribution in [0, 0.1) is 6.92 Å². The SMILES string of the molecule is Cc1occc1C(=O)OCC(=O)NN1C(=O)N[C@@](C)(CCc2ccccc2)C1=O. The molecule has 1 fully saturated rings. The summed E-state index contributed by atoms with van der Waals surface area (Å²) in [5.41, 5.74) is 2.25. The Hall–Kier alpha value is -3.62. The summed E-state index contributed by atoms with van der Waals surface area (Å²) in [6, 6.07) is 10.2. The zero-order chi connectivity index (χ0) is 21.0. The van der Waals surface area contributed by atoms with Crippen LogP contribution in [-0.4, -0.2) is 41.0 Å². The lowest BCUT2D eigenvalue weighted by molar-refractivity contribution is -0.140. The molecule has 0 radical (unpaired) electrons. The van der Waals surface area contributed by atoms with Gasteiger partial charge >= 0.3 is 12.0 Å². The lowest BCUT2D eigenvalue weighted by atomic mass is 9.93. The van der Waals surface area contributed by atoms with Gasteiger partial charge in [-0.05, 0) is 38.3 Å². The van der Waals surface area contributed by atoms with Crippen molar-refractivity contribution in [3.05, 3.63) is 59.5 Å². The number of nitrogens with one attached hydrogen (secondary N) is 2. The minimum atomic E-state index is -1.15. The topological polar surface area (TPSA) is 118 Å². The number of carbonyl (C=O) groups excluding carboxylic acids is 4. The van der Waals surface area contributed by atoms with Crippen molar-refractivity contribution in [1.29, 1.82) is 0 Å². The van der Waals surface area contributed by atoms with Crippen LogP contribution >= 0.6 is 0 Å². The monoisotopic (exact) mass is 399 g/mol. The largest absolute Gasteiger partial charge is 0.469 e. The van der Waals surface area contributed by atoms with E-state index in [2.05, 4.69) is 10.7 Å². The summed E-state index contributed by atoms with van der Waals surface area (Å²) in [6.45, 7) is 2.53. The van der Waals surface area contributed by atoms with Crippen LogP contribution < -0.4 is 10.7 Å². The van der Waals surface area contributed by atoms with E-state index in [0.717, 1.165) is 5.56 Å². The number of aryl methyl sites for hydroxylation is 2. The Balaban J connectivity index is 1.54. The third kappa shape index (κ3) is 4.45. The summed E-state index contributed by atoms with van der Waals surface area (Å²) in [6.07, 6.45) is 2.27. The zero-order valence-electron chi connectivity index (χ0n) is 16.1. The lowest BCUT2D eigenvalue weighted by Gasteiger charge is -2.21. The van der Waals surface area contributed by atoms with Crippen LogP contribution in [-0.2, 0) is 20.7 Å². The number of urea groups is 1. The molecule has 0 bridgehead atoms. The smallest absolute Gasteiger partial charge is 0.344 e. The van der Waals surface area contributed by atoms with Crippen molar-refractivity contribution >= 4 is 23.8 Å². The Morgan fingerprint density at radius 2 is 1.93 bits per heavy atom. The number of hydrogen-bond acceptors (Lipinski definition) is 6. The van der Waals surface area contributed by atoms with Gasteiger partial charge in [-0.2, -0.15) is 5.01 Å². The molecular formula is C20H21N3O6. The van der Waals surface area contributed by atoms with E-state index in [1.807, 2.05) is 30.3 Å². The van der Waals surface area contributed by atoms with Gasteiger partial charge in [0.25, 0.3) is 11.8 Å². The summed E-state index contributed by atoms with van der Waals surface area (Å²) in [4.78, 5) is 48.8. The summed E-state index contributed by atoms with van der Waals surface area (Å²) in [7, 11) is 0. The maximum Gasteiger partial charge on any atom is 0.344 e. The number of hydrogen-bond donors (Lipinski definition) is 2. The van der Waals surface area contributed by atoms with Gasteiger partial charge in [0.05, 0.1) is 6.26 Å². The number of nitrogens with zero attached hydrogens (tertiary/aromatic N) is 1. The normalized spacial score (nSPS) is 18.5. The van der Waals surface area contributed by atoms with Gasteiger partial charge in [0, 0.05) is 0 Å².